The molecule has 1 saturated heterocycles. The lowest BCUT2D eigenvalue weighted by atomic mass is 10.1. The molecular weight excluding hydrogens is 264 g/mol. The van der Waals surface area contributed by atoms with Crippen molar-refractivity contribution in [2.75, 3.05) is 26.2 Å². The first kappa shape index (κ1) is 18.0. The van der Waals surface area contributed by atoms with Crippen LogP contribution >= 0.6 is 0 Å². The summed E-state index contributed by atoms with van der Waals surface area (Å²) in [5, 5.41) is 0. The van der Waals surface area contributed by atoms with E-state index in [1.807, 2.05) is 9.80 Å². The van der Waals surface area contributed by atoms with Crippen molar-refractivity contribution in [2.24, 2.45) is 5.92 Å². The van der Waals surface area contributed by atoms with Gasteiger partial charge in [0.1, 0.15) is 0 Å². The quantitative estimate of drug-likeness (QED) is 0.621. The van der Waals surface area contributed by atoms with Gasteiger partial charge in [-0.25, -0.2) is 0 Å². The normalized spacial score (nSPS) is 18.3. The van der Waals surface area contributed by atoms with Crippen LogP contribution in [-0.4, -0.2) is 47.8 Å². The van der Waals surface area contributed by atoms with E-state index in [1.165, 1.54) is 0 Å². The molecule has 1 aliphatic rings. The van der Waals surface area contributed by atoms with E-state index in [0.717, 1.165) is 58.2 Å². The van der Waals surface area contributed by atoms with Gasteiger partial charge in [-0.3, -0.25) is 9.59 Å². The summed E-state index contributed by atoms with van der Waals surface area (Å²) in [7, 11) is 0. The molecule has 0 radical (unpaired) electrons. The zero-order chi connectivity index (χ0) is 15.7. The van der Waals surface area contributed by atoms with E-state index in [9.17, 15) is 9.59 Å². The number of unbranched alkanes of at least 4 members (excludes halogenated alkanes) is 3. The second kappa shape index (κ2) is 9.80. The Hall–Kier alpha value is -1.06. The first-order chi connectivity index (χ1) is 10.1. The van der Waals surface area contributed by atoms with Crippen LogP contribution in [0.1, 0.15) is 65.7 Å². The highest BCUT2D eigenvalue weighted by Gasteiger charge is 2.35. The van der Waals surface area contributed by atoms with Crippen LogP contribution in [0.5, 0.6) is 0 Å². The van der Waals surface area contributed by atoms with Gasteiger partial charge in [-0.1, -0.05) is 40.0 Å². The third kappa shape index (κ3) is 5.68. The molecule has 0 aromatic carbocycles. The molecule has 1 fully saturated rings. The summed E-state index contributed by atoms with van der Waals surface area (Å²) in [6, 6.07) is 0. The highest BCUT2D eigenvalue weighted by molar-refractivity contribution is 5.89. The van der Waals surface area contributed by atoms with Crippen molar-refractivity contribution < 1.29 is 9.59 Å². The number of nitrogens with zero attached hydrogens (tertiary/aromatic N) is 2. The van der Waals surface area contributed by atoms with Crippen molar-refractivity contribution in [1.82, 2.24) is 9.80 Å². The Morgan fingerprint density at radius 2 is 1.67 bits per heavy atom. The average molecular weight is 296 g/mol. The maximum Gasteiger partial charge on any atom is 0.227 e. The Balaban J connectivity index is 2.55. The fraction of sp³-hybridized carbons (Fsp3) is 0.882. The maximum atomic E-state index is 12.7. The van der Waals surface area contributed by atoms with Gasteiger partial charge in [0.2, 0.25) is 11.8 Å². The van der Waals surface area contributed by atoms with Crippen LogP contribution < -0.4 is 0 Å². The number of rotatable bonds is 10. The molecule has 0 aliphatic carbocycles. The smallest absolute Gasteiger partial charge is 0.227 e. The number of likely N-dealkylation sites (tertiary alicyclic amines) is 1. The molecule has 1 atom stereocenters. The van der Waals surface area contributed by atoms with Gasteiger partial charge in [0, 0.05) is 32.6 Å². The molecule has 21 heavy (non-hydrogen) atoms. The van der Waals surface area contributed by atoms with Crippen molar-refractivity contribution in [1.29, 1.82) is 0 Å². The maximum absolute atomic E-state index is 12.7. The molecule has 2 amide bonds. The van der Waals surface area contributed by atoms with Crippen LogP contribution in [0.4, 0.5) is 0 Å². The molecule has 1 unspecified atom stereocenters. The summed E-state index contributed by atoms with van der Waals surface area (Å²) in [4.78, 5) is 28.5. The van der Waals surface area contributed by atoms with Crippen LogP contribution in [0.2, 0.25) is 0 Å². The topological polar surface area (TPSA) is 40.6 Å². The Labute approximate surface area is 129 Å². The number of carbonyl (C=O) groups excluding carboxylic acids is 2. The molecular formula is C17H32N2O2. The van der Waals surface area contributed by atoms with Gasteiger partial charge in [0.15, 0.2) is 0 Å². The van der Waals surface area contributed by atoms with Crippen molar-refractivity contribution in [2.45, 2.75) is 65.7 Å². The van der Waals surface area contributed by atoms with Crippen molar-refractivity contribution in [3.63, 3.8) is 0 Å². The number of hydrogen-bond donors (Lipinski definition) is 0. The fourth-order valence-electron chi connectivity index (χ4n) is 2.79. The van der Waals surface area contributed by atoms with E-state index >= 15 is 0 Å². The van der Waals surface area contributed by atoms with E-state index in [2.05, 4.69) is 20.8 Å². The van der Waals surface area contributed by atoms with E-state index in [0.29, 0.717) is 13.0 Å². The van der Waals surface area contributed by atoms with Crippen LogP contribution in [0.15, 0.2) is 0 Å². The summed E-state index contributed by atoms with van der Waals surface area (Å²) in [6.07, 6.45) is 6.83. The Bertz CT molecular complexity index is 323. The molecule has 0 saturated carbocycles. The van der Waals surface area contributed by atoms with Gasteiger partial charge in [-0.2, -0.15) is 0 Å². The first-order valence-corrected chi connectivity index (χ1v) is 8.70. The monoisotopic (exact) mass is 296 g/mol. The van der Waals surface area contributed by atoms with Gasteiger partial charge < -0.3 is 9.80 Å². The fourth-order valence-corrected chi connectivity index (χ4v) is 2.79. The minimum absolute atomic E-state index is 0.108. The van der Waals surface area contributed by atoms with E-state index < -0.39 is 0 Å². The summed E-state index contributed by atoms with van der Waals surface area (Å²) < 4.78 is 0. The van der Waals surface area contributed by atoms with Gasteiger partial charge in [0.05, 0.1) is 5.92 Å². The zero-order valence-electron chi connectivity index (χ0n) is 14.1. The van der Waals surface area contributed by atoms with Crippen molar-refractivity contribution in [3.05, 3.63) is 0 Å². The van der Waals surface area contributed by atoms with Crippen molar-refractivity contribution >= 4 is 11.8 Å². The molecule has 0 aromatic rings. The summed E-state index contributed by atoms with van der Waals surface area (Å²) in [5.41, 5.74) is 0. The van der Waals surface area contributed by atoms with Gasteiger partial charge in [-0.15, -0.1) is 0 Å². The number of carbonyl (C=O) groups is 2. The Morgan fingerprint density at radius 3 is 2.19 bits per heavy atom. The van der Waals surface area contributed by atoms with E-state index in [1.54, 1.807) is 0 Å². The lowest BCUT2D eigenvalue weighted by Crippen LogP contribution is -2.38. The third-order valence-electron chi connectivity index (χ3n) is 4.22. The SMILES string of the molecule is CCCCN1CC(C(=O)N(CCCC)CCCC)CC1=O. The third-order valence-corrected chi connectivity index (χ3v) is 4.22. The summed E-state index contributed by atoms with van der Waals surface area (Å²) >= 11 is 0. The predicted octanol–water partition coefficient (Wildman–Crippen LogP) is 3.06. The molecule has 1 heterocycles. The second-order valence-corrected chi connectivity index (χ2v) is 6.13. The second-order valence-electron chi connectivity index (χ2n) is 6.13. The Kier molecular flexibility index (Phi) is 8.40. The van der Waals surface area contributed by atoms with Crippen LogP contribution in [0, 0.1) is 5.92 Å². The highest BCUT2D eigenvalue weighted by atomic mass is 16.2. The molecule has 122 valence electrons. The standard InChI is InChI=1S/C17H32N2O2/c1-4-7-10-18(11-8-5-2)17(21)15-13-16(20)19(14-15)12-9-6-3/h15H,4-14H2,1-3H3. The molecule has 1 aliphatic heterocycles. The van der Waals surface area contributed by atoms with Crippen LogP contribution in [0.3, 0.4) is 0 Å². The molecule has 0 N–H and O–H groups in total. The molecule has 4 nitrogen and oxygen atoms in total. The molecule has 0 spiro atoms. The number of amides is 2. The average Bonchev–Trinajstić information content (AvgIpc) is 2.86. The van der Waals surface area contributed by atoms with Crippen LogP contribution in [0.25, 0.3) is 0 Å². The molecule has 0 aromatic heterocycles. The van der Waals surface area contributed by atoms with Gasteiger partial charge in [0.25, 0.3) is 0 Å². The molecule has 1 rings (SSSR count). The predicted molar refractivity (Wildman–Crippen MR) is 86.0 cm³/mol. The van der Waals surface area contributed by atoms with Gasteiger partial charge >= 0.3 is 0 Å². The minimum Gasteiger partial charge on any atom is -0.342 e. The summed E-state index contributed by atoms with van der Waals surface area (Å²) in [5.74, 6) is 0.250. The Morgan fingerprint density at radius 1 is 1.10 bits per heavy atom. The minimum atomic E-state index is -0.108. The lowest BCUT2D eigenvalue weighted by molar-refractivity contribution is -0.136. The van der Waals surface area contributed by atoms with E-state index in [-0.39, 0.29) is 17.7 Å². The van der Waals surface area contributed by atoms with Gasteiger partial charge in [-0.05, 0) is 19.3 Å². The molecule has 0 bridgehead atoms. The largest absolute Gasteiger partial charge is 0.342 e. The number of hydrogen-bond acceptors (Lipinski definition) is 2. The highest BCUT2D eigenvalue weighted by Crippen LogP contribution is 2.21. The van der Waals surface area contributed by atoms with Crippen molar-refractivity contribution in [3.8, 4) is 0 Å². The molecule has 4 heteroatoms. The summed E-state index contributed by atoms with van der Waals surface area (Å²) in [6.45, 7) is 9.54. The first-order valence-electron chi connectivity index (χ1n) is 8.70. The lowest BCUT2D eigenvalue weighted by Gasteiger charge is -2.25. The van der Waals surface area contributed by atoms with Crippen LogP contribution in [-0.2, 0) is 9.59 Å². The zero-order valence-corrected chi connectivity index (χ0v) is 14.1. The van der Waals surface area contributed by atoms with E-state index in [4.69, 9.17) is 0 Å².